The average Bonchev–Trinajstić information content (AvgIpc) is 2.64. The number of pyridine rings is 1. The first kappa shape index (κ1) is 18.0. The van der Waals surface area contributed by atoms with Crippen molar-refractivity contribution < 1.29 is 9.13 Å². The van der Waals surface area contributed by atoms with E-state index in [2.05, 4.69) is 20.3 Å². The van der Waals surface area contributed by atoms with Crippen LogP contribution in [-0.2, 0) is 0 Å². The Bertz CT molecular complexity index is 922. The fourth-order valence-electron chi connectivity index (χ4n) is 2.27. The van der Waals surface area contributed by atoms with Crippen LogP contribution in [0.25, 0.3) is 11.4 Å². The molecule has 0 fully saturated rings. The van der Waals surface area contributed by atoms with Crippen molar-refractivity contribution in [3.8, 4) is 17.1 Å². The van der Waals surface area contributed by atoms with E-state index >= 15 is 0 Å². The molecule has 0 spiro atoms. The Kier molecular flexibility index (Phi) is 5.60. The first-order chi connectivity index (χ1) is 12.6. The number of halogens is 2. The van der Waals surface area contributed by atoms with Crippen molar-refractivity contribution in [2.24, 2.45) is 5.73 Å². The molecule has 0 amide bonds. The lowest BCUT2D eigenvalue weighted by atomic mass is 10.2. The van der Waals surface area contributed by atoms with Gasteiger partial charge in [0.1, 0.15) is 12.4 Å². The fraction of sp³-hybridized carbons (Fsp3) is 0.167. The Hall–Kier alpha value is -2.77. The minimum absolute atomic E-state index is 0.194. The van der Waals surface area contributed by atoms with Crippen molar-refractivity contribution in [2.45, 2.75) is 6.92 Å². The second-order valence-corrected chi connectivity index (χ2v) is 5.92. The number of hydrogen-bond acceptors (Lipinski definition) is 6. The molecule has 0 aliphatic heterocycles. The van der Waals surface area contributed by atoms with Crippen molar-refractivity contribution in [1.29, 1.82) is 0 Å². The number of benzene rings is 1. The highest BCUT2D eigenvalue weighted by Gasteiger charge is 2.14. The zero-order valence-electron chi connectivity index (χ0n) is 14.0. The smallest absolute Gasteiger partial charge is 0.180 e. The van der Waals surface area contributed by atoms with Crippen LogP contribution in [0, 0.1) is 12.7 Å². The Morgan fingerprint density at radius 1 is 1.27 bits per heavy atom. The van der Waals surface area contributed by atoms with Crippen molar-refractivity contribution >= 4 is 23.1 Å². The van der Waals surface area contributed by atoms with E-state index in [1.54, 1.807) is 12.4 Å². The van der Waals surface area contributed by atoms with Crippen LogP contribution in [0.3, 0.4) is 0 Å². The number of anilines is 2. The summed E-state index contributed by atoms with van der Waals surface area (Å²) in [6.07, 6.45) is 4.87. The summed E-state index contributed by atoms with van der Waals surface area (Å²) < 4.78 is 19.8. The number of aryl methyl sites for hydroxylation is 1. The largest absolute Gasteiger partial charge is 0.487 e. The second-order valence-electron chi connectivity index (χ2n) is 5.48. The summed E-state index contributed by atoms with van der Waals surface area (Å²) in [6, 6.07) is 6.04. The summed E-state index contributed by atoms with van der Waals surface area (Å²) in [5, 5.41) is 3.58. The van der Waals surface area contributed by atoms with Gasteiger partial charge in [-0.05, 0) is 36.8 Å². The third-order valence-corrected chi connectivity index (χ3v) is 3.81. The van der Waals surface area contributed by atoms with E-state index in [0.29, 0.717) is 29.7 Å². The molecule has 0 saturated carbocycles. The third kappa shape index (κ3) is 4.07. The lowest BCUT2D eigenvalue weighted by Gasteiger charge is -2.14. The van der Waals surface area contributed by atoms with Crippen molar-refractivity contribution in [3.05, 3.63) is 59.3 Å². The Labute approximate surface area is 155 Å². The minimum atomic E-state index is -0.462. The van der Waals surface area contributed by atoms with Gasteiger partial charge in [0.2, 0.25) is 0 Å². The highest BCUT2D eigenvalue weighted by Crippen LogP contribution is 2.30. The molecule has 0 aliphatic rings. The summed E-state index contributed by atoms with van der Waals surface area (Å²) in [6.45, 7) is 2.56. The first-order valence-electron chi connectivity index (χ1n) is 7.91. The third-order valence-electron chi connectivity index (χ3n) is 3.57. The lowest BCUT2D eigenvalue weighted by molar-refractivity contribution is 0.327. The molecule has 134 valence electrons. The molecule has 3 N–H and O–H groups in total. The van der Waals surface area contributed by atoms with E-state index in [9.17, 15) is 4.39 Å². The lowest BCUT2D eigenvalue weighted by Crippen LogP contribution is -2.12. The molecule has 0 bridgehead atoms. The number of nitrogens with zero attached hydrogens (tertiary/aromatic N) is 3. The minimum Gasteiger partial charge on any atom is -0.487 e. The molecule has 0 radical (unpaired) electrons. The van der Waals surface area contributed by atoms with Crippen molar-refractivity contribution in [1.82, 2.24) is 15.0 Å². The number of aromatic nitrogens is 3. The number of nitrogens with two attached hydrogens (primary N) is 1. The van der Waals surface area contributed by atoms with Gasteiger partial charge >= 0.3 is 0 Å². The zero-order chi connectivity index (χ0) is 18.5. The summed E-state index contributed by atoms with van der Waals surface area (Å²) in [4.78, 5) is 12.7. The quantitative estimate of drug-likeness (QED) is 0.684. The van der Waals surface area contributed by atoms with Gasteiger partial charge in [-0.15, -0.1) is 0 Å². The van der Waals surface area contributed by atoms with E-state index < -0.39 is 5.82 Å². The second kappa shape index (κ2) is 8.07. The van der Waals surface area contributed by atoms with E-state index in [0.717, 1.165) is 11.3 Å². The molecule has 0 unspecified atom stereocenters. The maximum Gasteiger partial charge on any atom is 0.180 e. The van der Waals surface area contributed by atoms with Crippen LogP contribution < -0.4 is 15.8 Å². The number of hydrogen-bond donors (Lipinski definition) is 2. The summed E-state index contributed by atoms with van der Waals surface area (Å²) >= 11 is 5.97. The van der Waals surface area contributed by atoms with E-state index in [4.69, 9.17) is 22.1 Å². The van der Waals surface area contributed by atoms with Gasteiger partial charge in [0.15, 0.2) is 17.4 Å². The molecule has 2 heterocycles. The van der Waals surface area contributed by atoms with Crippen LogP contribution in [0.15, 0.2) is 42.9 Å². The first-order valence-corrected chi connectivity index (χ1v) is 8.29. The van der Waals surface area contributed by atoms with Crippen LogP contribution >= 0.6 is 11.6 Å². The summed E-state index contributed by atoms with van der Waals surface area (Å²) in [7, 11) is 0. The van der Waals surface area contributed by atoms with Gasteiger partial charge in [0.25, 0.3) is 0 Å². The monoisotopic (exact) mass is 373 g/mol. The average molecular weight is 374 g/mol. The molecule has 6 nitrogen and oxygen atoms in total. The molecule has 2 aromatic heterocycles. The summed E-state index contributed by atoms with van der Waals surface area (Å²) in [5.74, 6) is 0.547. The molecule has 8 heteroatoms. The SMILES string of the molecule is Cc1cnccc1Nc1nc(-c2cc(Cl)ccc2F)ncc1OCCN. The van der Waals surface area contributed by atoms with Gasteiger partial charge in [0.05, 0.1) is 11.8 Å². The van der Waals surface area contributed by atoms with Crippen LogP contribution in [0.5, 0.6) is 5.75 Å². The van der Waals surface area contributed by atoms with Gasteiger partial charge in [-0.1, -0.05) is 11.6 Å². The number of rotatable bonds is 6. The zero-order valence-corrected chi connectivity index (χ0v) is 14.8. The van der Waals surface area contributed by atoms with E-state index in [-0.39, 0.29) is 11.4 Å². The standard InChI is InChI=1S/C18H17ClFN5O/c1-11-9-22-6-4-15(11)24-18-16(26-7-5-21)10-23-17(25-18)13-8-12(19)2-3-14(13)20/h2-4,6,8-10H,5,7,21H2,1H3,(H,22,23,24,25). The van der Waals surface area contributed by atoms with Crippen LogP contribution in [0.2, 0.25) is 5.02 Å². The van der Waals surface area contributed by atoms with Gasteiger partial charge in [-0.2, -0.15) is 0 Å². The Balaban J connectivity index is 2.04. The Morgan fingerprint density at radius 2 is 2.12 bits per heavy atom. The maximum absolute atomic E-state index is 14.2. The fourth-order valence-corrected chi connectivity index (χ4v) is 2.45. The van der Waals surface area contributed by atoms with Gasteiger partial charge < -0.3 is 15.8 Å². The van der Waals surface area contributed by atoms with Gasteiger partial charge in [0, 0.05) is 29.6 Å². The van der Waals surface area contributed by atoms with Crippen LogP contribution in [0.4, 0.5) is 15.9 Å². The van der Waals surface area contributed by atoms with Gasteiger partial charge in [-0.25, -0.2) is 14.4 Å². The molecule has 3 rings (SSSR count). The summed E-state index contributed by atoms with van der Waals surface area (Å²) in [5.41, 5.74) is 7.43. The van der Waals surface area contributed by atoms with E-state index in [1.165, 1.54) is 24.4 Å². The Morgan fingerprint density at radius 3 is 2.88 bits per heavy atom. The molecule has 0 aliphatic carbocycles. The van der Waals surface area contributed by atoms with E-state index in [1.807, 2.05) is 13.0 Å². The molecule has 0 atom stereocenters. The predicted molar refractivity (Wildman–Crippen MR) is 99.2 cm³/mol. The number of ether oxygens (including phenoxy) is 1. The van der Waals surface area contributed by atoms with Crippen molar-refractivity contribution in [3.63, 3.8) is 0 Å². The molecular weight excluding hydrogens is 357 g/mol. The highest BCUT2D eigenvalue weighted by atomic mass is 35.5. The normalized spacial score (nSPS) is 10.6. The predicted octanol–water partition coefficient (Wildman–Crippen LogP) is 3.72. The molecule has 1 aromatic carbocycles. The topological polar surface area (TPSA) is 86.0 Å². The molecule has 3 aromatic rings. The van der Waals surface area contributed by atoms with Gasteiger partial charge in [-0.3, -0.25) is 4.98 Å². The maximum atomic E-state index is 14.2. The van der Waals surface area contributed by atoms with Crippen LogP contribution in [0.1, 0.15) is 5.56 Å². The van der Waals surface area contributed by atoms with Crippen molar-refractivity contribution in [2.75, 3.05) is 18.5 Å². The number of nitrogens with one attached hydrogen (secondary N) is 1. The molecule has 26 heavy (non-hydrogen) atoms. The highest BCUT2D eigenvalue weighted by molar-refractivity contribution is 6.30. The van der Waals surface area contributed by atoms with Crippen LogP contribution in [-0.4, -0.2) is 28.1 Å². The molecular formula is C18H17ClFN5O. The molecule has 0 saturated heterocycles.